The van der Waals surface area contributed by atoms with Gasteiger partial charge in [0.25, 0.3) is 0 Å². The Balaban J connectivity index is 1.68. The Bertz CT molecular complexity index is 743. The number of nitrogens with zero attached hydrogens (tertiary/aromatic N) is 4. The summed E-state index contributed by atoms with van der Waals surface area (Å²) in [5, 5.41) is 7.78. The van der Waals surface area contributed by atoms with Crippen LogP contribution in [0.5, 0.6) is 0 Å². The Morgan fingerprint density at radius 3 is 2.87 bits per heavy atom. The Morgan fingerprint density at radius 2 is 2.13 bits per heavy atom. The van der Waals surface area contributed by atoms with Gasteiger partial charge in [0.05, 0.1) is 11.9 Å². The molecule has 6 nitrogen and oxygen atoms in total. The highest BCUT2D eigenvalue weighted by molar-refractivity contribution is 7.88. The Labute approximate surface area is 137 Å². The first-order valence-electron chi connectivity index (χ1n) is 7.91. The van der Waals surface area contributed by atoms with Gasteiger partial charge in [0.2, 0.25) is 10.0 Å². The predicted octanol–water partition coefficient (Wildman–Crippen LogP) is 1.83. The molecule has 7 heteroatoms. The second-order valence-corrected chi connectivity index (χ2v) is 8.14. The minimum absolute atomic E-state index is 0.0791. The van der Waals surface area contributed by atoms with E-state index in [-0.39, 0.29) is 11.7 Å². The quantitative estimate of drug-likeness (QED) is 0.836. The van der Waals surface area contributed by atoms with Crippen molar-refractivity contribution in [2.24, 2.45) is 5.92 Å². The lowest BCUT2D eigenvalue weighted by molar-refractivity contribution is 0.238. The third-order valence-electron chi connectivity index (χ3n) is 4.39. The molecule has 1 fully saturated rings. The Kier molecular flexibility index (Phi) is 4.77. The lowest BCUT2D eigenvalue weighted by Crippen LogP contribution is -2.41. The highest BCUT2D eigenvalue weighted by Gasteiger charge is 2.29. The van der Waals surface area contributed by atoms with Crippen molar-refractivity contribution < 1.29 is 8.42 Å². The van der Waals surface area contributed by atoms with Crippen LogP contribution in [0, 0.1) is 12.8 Å². The van der Waals surface area contributed by atoms with Crippen molar-refractivity contribution in [2.75, 3.05) is 13.1 Å². The van der Waals surface area contributed by atoms with Gasteiger partial charge in [-0.15, -0.1) is 5.10 Å². The van der Waals surface area contributed by atoms with E-state index in [4.69, 9.17) is 0 Å². The molecule has 1 aliphatic rings. The maximum absolute atomic E-state index is 12.7. The largest absolute Gasteiger partial charge is 0.252 e. The summed E-state index contributed by atoms with van der Waals surface area (Å²) >= 11 is 0. The molecule has 2 heterocycles. The minimum Gasteiger partial charge on any atom is -0.252 e. The highest BCUT2D eigenvalue weighted by Crippen LogP contribution is 2.23. The van der Waals surface area contributed by atoms with E-state index in [1.165, 1.54) is 0 Å². The molecule has 3 rings (SSSR count). The summed E-state index contributed by atoms with van der Waals surface area (Å²) in [4.78, 5) is 0. The summed E-state index contributed by atoms with van der Waals surface area (Å²) in [6.45, 7) is 3.85. The molecule has 1 unspecified atom stereocenters. The maximum atomic E-state index is 12.7. The van der Waals surface area contributed by atoms with Gasteiger partial charge in [-0.3, -0.25) is 4.68 Å². The van der Waals surface area contributed by atoms with Gasteiger partial charge in [-0.2, -0.15) is 0 Å². The Morgan fingerprint density at radius 1 is 1.30 bits per heavy atom. The lowest BCUT2D eigenvalue weighted by atomic mass is 10.00. The molecule has 1 aliphatic heterocycles. The van der Waals surface area contributed by atoms with E-state index in [9.17, 15) is 8.42 Å². The van der Waals surface area contributed by atoms with Crippen LogP contribution in [0.2, 0.25) is 0 Å². The fraction of sp³-hybridized carbons (Fsp3) is 0.500. The molecule has 0 spiro atoms. The van der Waals surface area contributed by atoms with Crippen molar-refractivity contribution in [3.8, 4) is 0 Å². The third kappa shape index (κ3) is 3.97. The zero-order valence-corrected chi connectivity index (χ0v) is 14.1. The number of benzene rings is 1. The summed E-state index contributed by atoms with van der Waals surface area (Å²) < 4.78 is 28.9. The molecule has 0 saturated carbocycles. The van der Waals surface area contributed by atoms with Crippen molar-refractivity contribution in [2.45, 2.75) is 32.1 Å². The molecule has 2 aromatic rings. The zero-order chi connectivity index (χ0) is 16.3. The van der Waals surface area contributed by atoms with Crippen LogP contribution >= 0.6 is 0 Å². The van der Waals surface area contributed by atoms with Crippen LogP contribution in [0.4, 0.5) is 0 Å². The van der Waals surface area contributed by atoms with Gasteiger partial charge in [0.1, 0.15) is 0 Å². The van der Waals surface area contributed by atoms with E-state index in [0.29, 0.717) is 13.1 Å². The molecule has 0 N–H and O–H groups in total. The second kappa shape index (κ2) is 6.80. The van der Waals surface area contributed by atoms with Crippen molar-refractivity contribution in [1.82, 2.24) is 19.3 Å². The second-order valence-electron chi connectivity index (χ2n) is 6.17. The molecule has 124 valence electrons. The minimum atomic E-state index is -3.28. The molecule has 1 aromatic carbocycles. The number of aryl methyl sites for hydroxylation is 1. The maximum Gasteiger partial charge on any atom is 0.218 e. The lowest BCUT2D eigenvalue weighted by Gasteiger charge is -2.32. The third-order valence-corrected chi connectivity index (χ3v) is 6.19. The zero-order valence-electron chi connectivity index (χ0n) is 13.3. The topological polar surface area (TPSA) is 68.1 Å². The van der Waals surface area contributed by atoms with Crippen LogP contribution in [0.1, 0.15) is 24.0 Å². The van der Waals surface area contributed by atoms with Gasteiger partial charge < -0.3 is 0 Å². The van der Waals surface area contributed by atoms with E-state index in [1.54, 1.807) is 15.2 Å². The molecule has 1 aromatic heterocycles. The van der Waals surface area contributed by atoms with Crippen LogP contribution in [-0.4, -0.2) is 40.8 Å². The molecule has 0 aliphatic carbocycles. The van der Waals surface area contributed by atoms with E-state index in [1.807, 2.05) is 37.4 Å². The molecule has 23 heavy (non-hydrogen) atoms. The van der Waals surface area contributed by atoms with Crippen LogP contribution in [0.3, 0.4) is 0 Å². The molecular formula is C16H22N4O2S. The molecule has 0 bridgehead atoms. The van der Waals surface area contributed by atoms with E-state index >= 15 is 0 Å². The van der Waals surface area contributed by atoms with Crippen LogP contribution in [-0.2, 0) is 22.3 Å². The van der Waals surface area contributed by atoms with Crippen molar-refractivity contribution >= 4 is 10.0 Å². The number of aromatic nitrogens is 3. The average Bonchev–Trinajstić information content (AvgIpc) is 3.03. The summed E-state index contributed by atoms with van der Waals surface area (Å²) in [5.74, 6) is 0.368. The molecule has 1 saturated heterocycles. The molecular weight excluding hydrogens is 312 g/mol. The van der Waals surface area contributed by atoms with Gasteiger partial charge in [0.15, 0.2) is 0 Å². The molecule has 0 radical (unpaired) electrons. The summed E-state index contributed by atoms with van der Waals surface area (Å²) in [6, 6.07) is 7.67. The van der Waals surface area contributed by atoms with E-state index < -0.39 is 10.0 Å². The van der Waals surface area contributed by atoms with Gasteiger partial charge >= 0.3 is 0 Å². The number of rotatable bonds is 5. The normalized spacial score (nSPS) is 19.8. The van der Waals surface area contributed by atoms with Gasteiger partial charge in [-0.25, -0.2) is 12.7 Å². The highest BCUT2D eigenvalue weighted by atomic mass is 32.2. The van der Waals surface area contributed by atoms with E-state index in [0.717, 1.165) is 30.5 Å². The fourth-order valence-electron chi connectivity index (χ4n) is 3.08. The Hall–Kier alpha value is -1.73. The fourth-order valence-corrected chi connectivity index (χ4v) is 4.83. The van der Waals surface area contributed by atoms with Gasteiger partial charge in [0, 0.05) is 25.8 Å². The summed E-state index contributed by atoms with van der Waals surface area (Å²) in [5.41, 5.74) is 1.90. The van der Waals surface area contributed by atoms with Gasteiger partial charge in [-0.1, -0.05) is 29.5 Å². The first-order chi connectivity index (χ1) is 11.0. The number of sulfonamides is 1. The number of piperidine rings is 1. The van der Waals surface area contributed by atoms with E-state index in [2.05, 4.69) is 10.3 Å². The van der Waals surface area contributed by atoms with Crippen molar-refractivity contribution in [1.29, 1.82) is 0 Å². The van der Waals surface area contributed by atoms with Crippen molar-refractivity contribution in [3.63, 3.8) is 0 Å². The van der Waals surface area contributed by atoms with Crippen LogP contribution < -0.4 is 0 Å². The molecule has 0 amide bonds. The SMILES string of the molecule is Cc1ccccc1CS(=O)(=O)N1CCCC(Cn2ccnn2)C1. The van der Waals surface area contributed by atoms with Crippen molar-refractivity contribution in [3.05, 3.63) is 47.8 Å². The predicted molar refractivity (Wildman–Crippen MR) is 88.1 cm³/mol. The van der Waals surface area contributed by atoms with Crippen LogP contribution in [0.15, 0.2) is 36.7 Å². The van der Waals surface area contributed by atoms with Crippen LogP contribution in [0.25, 0.3) is 0 Å². The summed E-state index contributed by atoms with van der Waals surface area (Å²) in [6.07, 6.45) is 5.39. The average molecular weight is 334 g/mol. The number of hydrogen-bond acceptors (Lipinski definition) is 4. The smallest absolute Gasteiger partial charge is 0.218 e. The monoisotopic (exact) mass is 334 g/mol. The standard InChI is InChI=1S/C16H22N4O2S/c1-14-5-2-3-7-16(14)13-23(21,22)20-9-4-6-15(12-20)11-19-10-8-17-18-19/h2-3,5,7-8,10,15H,4,6,9,11-13H2,1H3. The summed E-state index contributed by atoms with van der Waals surface area (Å²) in [7, 11) is -3.28. The number of hydrogen-bond donors (Lipinski definition) is 0. The molecule has 1 atom stereocenters. The van der Waals surface area contributed by atoms with Gasteiger partial charge in [-0.05, 0) is 36.8 Å². The first kappa shape index (κ1) is 16.1. The first-order valence-corrected chi connectivity index (χ1v) is 9.52.